The fourth-order valence-corrected chi connectivity index (χ4v) is 7.86. The van der Waals surface area contributed by atoms with Crippen LogP contribution in [0.1, 0.15) is 137 Å². The molecule has 3 aliphatic rings. The molecule has 6 unspecified atom stereocenters. The first-order chi connectivity index (χ1) is 34.2. The first-order valence-electron chi connectivity index (χ1n) is 24.3. The molecule has 0 bridgehead atoms. The van der Waals surface area contributed by atoms with Gasteiger partial charge in [0.1, 0.15) is 12.2 Å². The molecule has 358 valence electrons. The Bertz CT molecular complexity index is 2660. The van der Waals surface area contributed by atoms with Gasteiger partial charge in [-0.15, -0.1) is 0 Å². The van der Waals surface area contributed by atoms with Gasteiger partial charge in [0.2, 0.25) is 0 Å². The minimum atomic E-state index is -0.893. The maximum absolute atomic E-state index is 13.3. The Morgan fingerprint density at radius 3 is 1.63 bits per heavy atom. The highest BCUT2D eigenvalue weighted by Crippen LogP contribution is 2.40. The van der Waals surface area contributed by atoms with Crippen LogP contribution in [0.5, 0.6) is 0 Å². The first-order valence-corrected chi connectivity index (χ1v) is 24.3. The number of carbonyl (C=O) groups is 1. The fraction of sp³-hybridized carbons (Fsp3) is 0.500. The number of fused-ring (bicyclic) bond motifs is 1. The highest BCUT2D eigenvalue weighted by molar-refractivity contribution is 5.89. The van der Waals surface area contributed by atoms with Gasteiger partial charge < -0.3 is 33.2 Å². The van der Waals surface area contributed by atoms with Gasteiger partial charge in [0.05, 0.1) is 25.4 Å². The topological polar surface area (TPSA) is 81.7 Å². The van der Waals surface area contributed by atoms with Gasteiger partial charge in [-0.25, -0.2) is 4.79 Å². The average molecular weight is 935 g/mol. The molecule has 70 heavy (non-hydrogen) atoms. The molecule has 0 aliphatic carbocycles. The smallest absolute Gasteiger partial charge is 0.385 e. The normalized spacial score (nSPS) is 22.0. The third-order valence-corrected chi connectivity index (χ3v) is 11.4. The molecule has 1 aromatic rings. The number of ether oxygens (including phenoxy) is 7. The van der Waals surface area contributed by atoms with Crippen molar-refractivity contribution >= 4 is 5.97 Å². The van der Waals surface area contributed by atoms with Crippen molar-refractivity contribution in [3.63, 3.8) is 0 Å². The average Bonchev–Trinajstić information content (AvgIpc) is 3.68. The lowest BCUT2D eigenvalue weighted by Gasteiger charge is -2.48. The molecule has 3 fully saturated rings. The Labute approximate surface area is 419 Å². The van der Waals surface area contributed by atoms with Gasteiger partial charge >= 0.3 is 5.97 Å². The van der Waals surface area contributed by atoms with Gasteiger partial charge in [-0.05, 0) is 128 Å². The van der Waals surface area contributed by atoms with Crippen LogP contribution < -0.4 is 0 Å². The first kappa shape index (κ1) is 55.8. The number of esters is 1. The molecule has 3 heterocycles. The number of unbranched alkanes of at least 4 members (excludes halogenated alkanes) is 11. The largest absolute Gasteiger partial charge is 0.447 e. The van der Waals surface area contributed by atoms with Gasteiger partial charge in [0.25, 0.3) is 0 Å². The van der Waals surface area contributed by atoms with E-state index in [1.807, 2.05) is 44.2 Å². The zero-order valence-corrected chi connectivity index (χ0v) is 41.5. The molecule has 8 heteroatoms. The van der Waals surface area contributed by atoms with E-state index < -0.39 is 36.5 Å². The summed E-state index contributed by atoms with van der Waals surface area (Å²) < 4.78 is 44.4. The van der Waals surface area contributed by atoms with Gasteiger partial charge in [-0.2, -0.15) is 0 Å². The second-order valence-corrected chi connectivity index (χ2v) is 17.2. The monoisotopic (exact) mass is 934 g/mol. The Morgan fingerprint density at radius 2 is 1.11 bits per heavy atom. The van der Waals surface area contributed by atoms with Crippen molar-refractivity contribution in [2.24, 2.45) is 11.8 Å². The zero-order valence-electron chi connectivity index (χ0n) is 41.5. The lowest BCUT2D eigenvalue weighted by atomic mass is 9.84. The Hall–Kier alpha value is -6.83. The van der Waals surface area contributed by atoms with Crippen LogP contribution in [0.2, 0.25) is 0 Å². The molecular weight excluding hydrogens is 873 g/mol. The molecule has 3 aliphatic heterocycles. The van der Waals surface area contributed by atoms with Crippen LogP contribution >= 0.6 is 0 Å². The molecule has 0 spiro atoms. The number of carbonyl (C=O) groups excluding carboxylic acids is 1. The van der Waals surface area contributed by atoms with Gasteiger partial charge in [-0.1, -0.05) is 134 Å². The summed E-state index contributed by atoms with van der Waals surface area (Å²) in [4.78, 5) is 13.3. The molecule has 0 aromatic heterocycles. The molecular formula is C62H62O8. The summed E-state index contributed by atoms with van der Waals surface area (Å²) in [5.41, 5.74) is 0.961. The maximum Gasteiger partial charge on any atom is 0.385 e. The second kappa shape index (κ2) is 33.6. The Morgan fingerprint density at radius 1 is 0.629 bits per heavy atom. The van der Waals surface area contributed by atoms with Crippen molar-refractivity contribution in [1.82, 2.24) is 0 Å². The maximum atomic E-state index is 13.3. The molecule has 1 aromatic carbocycles. The van der Waals surface area contributed by atoms with Gasteiger partial charge in [0, 0.05) is 52.9 Å². The summed E-state index contributed by atoms with van der Waals surface area (Å²) in [5.74, 6) is 59.4. The van der Waals surface area contributed by atoms with E-state index in [4.69, 9.17) is 33.2 Å². The second-order valence-electron chi connectivity index (χ2n) is 17.2. The van der Waals surface area contributed by atoms with Crippen LogP contribution in [-0.4, -0.2) is 61.8 Å². The van der Waals surface area contributed by atoms with E-state index in [-0.39, 0.29) is 36.8 Å². The zero-order chi connectivity index (χ0) is 49.9. The standard InChI is InChI=1S/C62H62O8/c1-7-9-11-13-15-17-19-21-22-23-24-25-26-27-28-29-30-31-33-35-37-39-44-48-57(63)66-56(59-54(69-62(5,6)70-59)47-43-38-36-34-32-20-18-16-14-12-10-8-2)50-64-60-52(4)51(3)58-55(67-60)49-65-61(68-58)53-45-41-40-42-46-53/h40-42,45-46,51-52,54-56,58-61H,8,10,12,14,16,18,20,32,34,36,38,43,47,49-50H2,1-6H3/t51?,52?,54-,55?,56+,58?,59-,60?,61?/m1/s1. The van der Waals surface area contributed by atoms with Crippen LogP contribution in [-0.2, 0) is 38.0 Å². The molecule has 0 saturated carbocycles. The molecule has 8 nitrogen and oxygen atoms in total. The van der Waals surface area contributed by atoms with Crippen molar-refractivity contribution in [3.05, 3.63) is 35.9 Å². The minimum Gasteiger partial charge on any atom is -0.447 e. The van der Waals surface area contributed by atoms with Crippen molar-refractivity contribution < 1.29 is 38.0 Å². The molecule has 0 N–H and O–H groups in total. The van der Waals surface area contributed by atoms with E-state index in [0.717, 1.165) is 24.8 Å². The molecule has 0 amide bonds. The molecule has 0 radical (unpaired) electrons. The summed E-state index contributed by atoms with van der Waals surface area (Å²) in [6, 6.07) is 9.90. The third-order valence-electron chi connectivity index (χ3n) is 11.4. The summed E-state index contributed by atoms with van der Waals surface area (Å²) >= 11 is 0. The van der Waals surface area contributed by atoms with Crippen LogP contribution in [0.3, 0.4) is 0 Å². The highest BCUT2D eigenvalue weighted by atomic mass is 16.8. The summed E-state index contributed by atoms with van der Waals surface area (Å²) in [5, 5.41) is 0. The lowest BCUT2D eigenvalue weighted by molar-refractivity contribution is -0.344. The van der Waals surface area contributed by atoms with Gasteiger partial charge in [0.15, 0.2) is 24.5 Å². The SMILES string of the molecule is CC#CC#CC#CC#CC#CC#CC#CC#CC#CC#CC#CC#CC(=O)O[C@@H](COC1OC2COC(c3ccccc3)OC2C(C)C1C)[C@@H]1OC(C)(C)O[C@@H]1CCCCCCCCCCCCCC. The van der Waals surface area contributed by atoms with Crippen molar-refractivity contribution in [2.75, 3.05) is 13.2 Å². The predicted octanol–water partition coefficient (Wildman–Crippen LogP) is 8.70. The summed E-state index contributed by atoms with van der Waals surface area (Å²) in [6.07, 6.45) is 12.4. The van der Waals surface area contributed by atoms with E-state index in [0.29, 0.717) is 6.61 Å². The minimum absolute atomic E-state index is 0.00800. The van der Waals surface area contributed by atoms with Crippen molar-refractivity contribution in [2.45, 2.75) is 174 Å². The van der Waals surface area contributed by atoms with Gasteiger partial charge in [-0.3, -0.25) is 0 Å². The quantitative estimate of drug-likeness (QED) is 0.0591. The van der Waals surface area contributed by atoms with E-state index in [2.05, 4.69) is 163 Å². The summed E-state index contributed by atoms with van der Waals surface area (Å²) in [7, 11) is 0. The molecule has 3 saturated heterocycles. The van der Waals surface area contributed by atoms with Crippen molar-refractivity contribution in [1.29, 1.82) is 0 Å². The van der Waals surface area contributed by atoms with E-state index in [1.165, 1.54) is 64.2 Å². The van der Waals surface area contributed by atoms with Crippen LogP contribution in [0.25, 0.3) is 0 Å². The Kier molecular flexibility index (Phi) is 26.8. The molecule has 9 atom stereocenters. The number of hydrogen-bond donors (Lipinski definition) is 0. The van der Waals surface area contributed by atoms with E-state index in [1.54, 1.807) is 6.92 Å². The fourth-order valence-electron chi connectivity index (χ4n) is 7.86. The Balaban J connectivity index is 1.34. The van der Waals surface area contributed by atoms with E-state index >= 15 is 0 Å². The van der Waals surface area contributed by atoms with Crippen LogP contribution in [0.4, 0.5) is 0 Å². The number of hydrogen-bond acceptors (Lipinski definition) is 8. The van der Waals surface area contributed by atoms with Crippen molar-refractivity contribution in [3.8, 4) is 142 Å². The number of rotatable bonds is 19. The molecule has 4 rings (SSSR count). The van der Waals surface area contributed by atoms with Crippen LogP contribution in [0, 0.1) is 154 Å². The summed E-state index contributed by atoms with van der Waals surface area (Å²) in [6.45, 7) is 12.3. The van der Waals surface area contributed by atoms with E-state index in [9.17, 15) is 4.79 Å². The highest BCUT2D eigenvalue weighted by Gasteiger charge is 2.49. The number of benzene rings is 1. The predicted molar refractivity (Wildman–Crippen MR) is 271 cm³/mol. The van der Waals surface area contributed by atoms with Crippen LogP contribution in [0.15, 0.2) is 30.3 Å². The lowest BCUT2D eigenvalue weighted by Crippen LogP contribution is -2.56. The third kappa shape index (κ3) is 22.1.